The lowest BCUT2D eigenvalue weighted by Crippen LogP contribution is -2.40. The van der Waals surface area contributed by atoms with Crippen molar-refractivity contribution in [2.75, 3.05) is 13.2 Å². The number of rotatable bonds is 9. The van der Waals surface area contributed by atoms with Crippen LogP contribution in [0, 0.1) is 0 Å². The van der Waals surface area contributed by atoms with Gasteiger partial charge in [-0.1, -0.05) is 78.1 Å². The molecule has 0 fully saturated rings. The molecule has 0 bridgehead atoms. The van der Waals surface area contributed by atoms with E-state index < -0.39 is 12.0 Å². The number of benzene rings is 3. The van der Waals surface area contributed by atoms with Gasteiger partial charge in [-0.05, 0) is 49.6 Å². The Morgan fingerprint density at radius 3 is 2.44 bits per heavy atom. The van der Waals surface area contributed by atoms with Gasteiger partial charge in [-0.15, -0.1) is 6.58 Å². The van der Waals surface area contributed by atoms with Crippen LogP contribution in [0.1, 0.15) is 42.1 Å². The summed E-state index contributed by atoms with van der Waals surface area (Å²) >= 11 is 1.24. The van der Waals surface area contributed by atoms with Gasteiger partial charge in [0.1, 0.15) is 0 Å². The van der Waals surface area contributed by atoms with Crippen molar-refractivity contribution in [2.24, 2.45) is 4.99 Å². The topological polar surface area (TPSA) is 90.1 Å². The van der Waals surface area contributed by atoms with Gasteiger partial charge in [0.2, 0.25) is 0 Å². The lowest BCUT2D eigenvalue weighted by Gasteiger charge is -2.25. The third-order valence-electron chi connectivity index (χ3n) is 6.63. The maximum Gasteiger partial charge on any atom is 0.338 e. The van der Waals surface area contributed by atoms with Gasteiger partial charge in [0.25, 0.3) is 5.56 Å². The number of hydrogen-bond donors (Lipinski definition) is 1. The third kappa shape index (κ3) is 5.51. The van der Waals surface area contributed by atoms with E-state index in [-0.39, 0.29) is 17.9 Å². The Balaban J connectivity index is 1.79. The van der Waals surface area contributed by atoms with Gasteiger partial charge in [0.15, 0.2) is 16.3 Å². The minimum absolute atomic E-state index is 0.0565. The first-order valence-corrected chi connectivity index (χ1v) is 14.2. The second-order valence-corrected chi connectivity index (χ2v) is 10.3. The molecule has 1 aliphatic heterocycles. The lowest BCUT2D eigenvalue weighted by molar-refractivity contribution is -0.138. The Kier molecular flexibility index (Phi) is 8.31. The first-order valence-electron chi connectivity index (χ1n) is 13.4. The quantitative estimate of drug-likeness (QED) is 0.233. The molecule has 0 aliphatic carbocycles. The molecule has 0 saturated carbocycles. The molecule has 4 aromatic rings. The van der Waals surface area contributed by atoms with E-state index in [1.807, 2.05) is 73.7 Å². The largest absolute Gasteiger partial charge is 0.504 e. The molecule has 1 N–H and O–H groups in total. The first kappa shape index (κ1) is 27.9. The van der Waals surface area contributed by atoms with Gasteiger partial charge >= 0.3 is 5.97 Å². The normalized spacial score (nSPS) is 14.8. The highest BCUT2D eigenvalue weighted by molar-refractivity contribution is 7.07. The predicted octanol–water partition coefficient (Wildman–Crippen LogP) is 4.77. The van der Waals surface area contributed by atoms with Crippen molar-refractivity contribution in [3.63, 3.8) is 0 Å². The van der Waals surface area contributed by atoms with Gasteiger partial charge in [0.05, 0.1) is 35.1 Å². The molecule has 0 radical (unpaired) electrons. The van der Waals surface area contributed by atoms with E-state index in [1.54, 1.807) is 29.7 Å². The molecule has 1 aromatic heterocycles. The van der Waals surface area contributed by atoms with Crippen LogP contribution in [0.2, 0.25) is 0 Å². The number of esters is 1. The summed E-state index contributed by atoms with van der Waals surface area (Å²) in [6.07, 6.45) is 3.90. The number of thiazole rings is 1. The second-order valence-electron chi connectivity index (χ2n) is 9.29. The molecule has 208 valence electrons. The lowest BCUT2D eigenvalue weighted by atomic mass is 9.93. The van der Waals surface area contributed by atoms with Crippen LogP contribution < -0.4 is 19.6 Å². The zero-order chi connectivity index (χ0) is 28.9. The molecule has 5 rings (SSSR count). The van der Waals surface area contributed by atoms with E-state index in [4.69, 9.17) is 14.5 Å². The highest BCUT2D eigenvalue weighted by Crippen LogP contribution is 2.35. The summed E-state index contributed by atoms with van der Waals surface area (Å²) < 4.78 is 13.2. The van der Waals surface area contributed by atoms with Crippen LogP contribution in [0.3, 0.4) is 0 Å². The van der Waals surface area contributed by atoms with Crippen molar-refractivity contribution in [3.8, 4) is 11.5 Å². The molecular weight excluding hydrogens is 536 g/mol. The van der Waals surface area contributed by atoms with Crippen molar-refractivity contribution >= 4 is 29.1 Å². The van der Waals surface area contributed by atoms with Gasteiger partial charge < -0.3 is 14.6 Å². The van der Waals surface area contributed by atoms with E-state index in [2.05, 4.69) is 6.58 Å². The Bertz CT molecular complexity index is 1800. The molecule has 8 heteroatoms. The van der Waals surface area contributed by atoms with Gasteiger partial charge in [-0.2, -0.15) is 0 Å². The number of hydrogen-bond acceptors (Lipinski definition) is 7. The van der Waals surface area contributed by atoms with Crippen molar-refractivity contribution in [2.45, 2.75) is 26.3 Å². The molecule has 1 atom stereocenters. The van der Waals surface area contributed by atoms with E-state index in [9.17, 15) is 14.7 Å². The van der Waals surface area contributed by atoms with Gasteiger partial charge in [0, 0.05) is 11.1 Å². The van der Waals surface area contributed by atoms with E-state index in [0.29, 0.717) is 50.5 Å². The Morgan fingerprint density at radius 1 is 1.07 bits per heavy atom. The van der Waals surface area contributed by atoms with Gasteiger partial charge in [-0.25, -0.2) is 9.79 Å². The summed E-state index contributed by atoms with van der Waals surface area (Å²) in [5, 5.41) is 10.6. The molecule has 0 spiro atoms. The summed E-state index contributed by atoms with van der Waals surface area (Å²) in [6, 6.07) is 21.7. The Hall–Kier alpha value is -4.69. The smallest absolute Gasteiger partial charge is 0.338 e. The number of allylic oxidation sites excluding steroid dienone is 1. The van der Waals surface area contributed by atoms with E-state index >= 15 is 0 Å². The van der Waals surface area contributed by atoms with Crippen molar-refractivity contribution in [3.05, 3.63) is 133 Å². The number of aromatic hydroxyl groups is 1. The monoisotopic (exact) mass is 566 g/mol. The summed E-state index contributed by atoms with van der Waals surface area (Å²) in [5.74, 6) is -0.128. The standard InChI is InChI=1S/C33H30N2O5S/c1-4-13-24-18-21(19-25(30(24)36)39-5-2)20-26-31(37)35-29(23-16-11-8-12-17-23)27(32(38)40-6-3)28(34-33(35)41-26)22-14-9-7-10-15-22/h4,7-12,14-20,29,36H,1,5-6,13H2,2-3H3/b26-20+/t29-/m1/s1. The van der Waals surface area contributed by atoms with Gasteiger partial charge in [-0.3, -0.25) is 9.36 Å². The molecule has 2 heterocycles. The number of phenols is 1. The fraction of sp³-hybridized carbons (Fsp3) is 0.182. The van der Waals surface area contributed by atoms with E-state index in [1.165, 1.54) is 11.3 Å². The molecule has 3 aromatic carbocycles. The third-order valence-corrected chi connectivity index (χ3v) is 7.61. The number of phenolic OH excluding ortho intramolecular Hbond substituents is 1. The molecule has 7 nitrogen and oxygen atoms in total. The summed E-state index contributed by atoms with van der Waals surface area (Å²) in [7, 11) is 0. The van der Waals surface area contributed by atoms with Crippen LogP contribution in [0.15, 0.2) is 101 Å². The van der Waals surface area contributed by atoms with Crippen LogP contribution in [0.4, 0.5) is 0 Å². The molecular formula is C33H30N2O5S. The predicted molar refractivity (Wildman–Crippen MR) is 161 cm³/mol. The van der Waals surface area contributed by atoms with Crippen LogP contribution in [0.5, 0.6) is 11.5 Å². The zero-order valence-electron chi connectivity index (χ0n) is 22.9. The second kappa shape index (κ2) is 12.2. The number of fused-ring (bicyclic) bond motifs is 1. The minimum Gasteiger partial charge on any atom is -0.504 e. The van der Waals surface area contributed by atoms with Crippen molar-refractivity contribution in [1.29, 1.82) is 0 Å². The Morgan fingerprint density at radius 2 is 1.78 bits per heavy atom. The van der Waals surface area contributed by atoms with Crippen LogP contribution in [0.25, 0.3) is 11.8 Å². The summed E-state index contributed by atoms with van der Waals surface area (Å²) in [5.41, 5.74) is 3.35. The fourth-order valence-electron chi connectivity index (χ4n) is 4.89. The maximum absolute atomic E-state index is 14.1. The Labute approximate surface area is 241 Å². The summed E-state index contributed by atoms with van der Waals surface area (Å²) in [6.45, 7) is 7.94. The van der Waals surface area contributed by atoms with Crippen LogP contribution in [-0.4, -0.2) is 28.9 Å². The number of ether oxygens (including phenoxy) is 2. The van der Waals surface area contributed by atoms with Crippen LogP contribution >= 0.6 is 11.3 Å². The average molecular weight is 567 g/mol. The highest BCUT2D eigenvalue weighted by Gasteiger charge is 2.35. The maximum atomic E-state index is 14.1. The minimum atomic E-state index is -0.737. The summed E-state index contributed by atoms with van der Waals surface area (Å²) in [4.78, 5) is 32.9. The molecule has 0 unspecified atom stereocenters. The number of carbonyl (C=O) groups is 1. The molecule has 41 heavy (non-hydrogen) atoms. The molecule has 0 amide bonds. The fourth-order valence-corrected chi connectivity index (χ4v) is 5.89. The number of aromatic nitrogens is 1. The molecule has 0 saturated heterocycles. The van der Waals surface area contributed by atoms with Crippen molar-refractivity contribution in [1.82, 2.24) is 4.57 Å². The van der Waals surface area contributed by atoms with E-state index in [0.717, 1.165) is 11.1 Å². The number of carbonyl (C=O) groups excluding carboxylic acids is 1. The molecule has 1 aliphatic rings. The SMILES string of the molecule is C=CCc1cc(/C=c2/sc3n(c2=O)[C@H](c2ccccc2)C(C(=O)OCC)=C(c2ccccc2)N=3)cc(OCC)c1O. The first-order chi connectivity index (χ1) is 20.0. The van der Waals surface area contributed by atoms with Crippen LogP contribution in [-0.2, 0) is 16.0 Å². The number of nitrogens with zero attached hydrogens (tertiary/aromatic N) is 2. The average Bonchev–Trinajstić information content (AvgIpc) is 3.30. The highest BCUT2D eigenvalue weighted by atomic mass is 32.1. The zero-order valence-corrected chi connectivity index (χ0v) is 23.7. The van der Waals surface area contributed by atoms with Crippen molar-refractivity contribution < 1.29 is 19.4 Å².